The molecule has 0 unspecified atom stereocenters. The van der Waals surface area contributed by atoms with Crippen LogP contribution >= 0.6 is 11.6 Å². The highest BCUT2D eigenvalue weighted by atomic mass is 35.5. The average Bonchev–Trinajstić information content (AvgIpc) is 2.64. The number of amides is 1. The Labute approximate surface area is 168 Å². The van der Waals surface area contributed by atoms with Crippen molar-refractivity contribution in [2.45, 2.75) is 20.8 Å². The highest BCUT2D eigenvalue weighted by Crippen LogP contribution is 2.21. The standard InChI is InChI=1S/C21H19ClN4O2/c1-12-4-7-16(22)11-18(12)25-20(28)19-10-13(2)23-21(26-19)24-17-8-5-15(6-9-17)14(3)27/h4-11H,1-3H3,(H,25,28)(H,23,24,26). The smallest absolute Gasteiger partial charge is 0.274 e. The van der Waals surface area contributed by atoms with Crippen molar-refractivity contribution in [3.8, 4) is 0 Å². The van der Waals surface area contributed by atoms with Crippen LogP contribution < -0.4 is 10.6 Å². The van der Waals surface area contributed by atoms with Crippen LogP contribution in [0.4, 0.5) is 17.3 Å². The van der Waals surface area contributed by atoms with Crippen LogP contribution in [0.5, 0.6) is 0 Å². The van der Waals surface area contributed by atoms with Gasteiger partial charge in [-0.1, -0.05) is 17.7 Å². The second-order valence-corrected chi connectivity index (χ2v) is 6.83. The molecule has 0 aliphatic heterocycles. The normalized spacial score (nSPS) is 10.4. The van der Waals surface area contributed by atoms with Crippen LogP contribution in [0, 0.1) is 13.8 Å². The van der Waals surface area contributed by atoms with Gasteiger partial charge in [-0.3, -0.25) is 9.59 Å². The molecule has 0 atom stereocenters. The van der Waals surface area contributed by atoms with Gasteiger partial charge in [0.05, 0.1) is 0 Å². The van der Waals surface area contributed by atoms with Crippen molar-refractivity contribution in [1.29, 1.82) is 0 Å². The van der Waals surface area contributed by atoms with Crippen LogP contribution in [0.2, 0.25) is 5.02 Å². The number of ketones is 1. The minimum absolute atomic E-state index is 0.00591. The number of aryl methyl sites for hydroxylation is 2. The lowest BCUT2D eigenvalue weighted by atomic mass is 10.1. The molecule has 2 aromatic carbocycles. The van der Waals surface area contributed by atoms with E-state index in [1.54, 1.807) is 49.4 Å². The van der Waals surface area contributed by atoms with Crippen molar-refractivity contribution in [2.24, 2.45) is 0 Å². The highest BCUT2D eigenvalue weighted by molar-refractivity contribution is 6.31. The Hall–Kier alpha value is -3.25. The molecule has 0 spiro atoms. The van der Waals surface area contributed by atoms with Gasteiger partial charge in [0.1, 0.15) is 5.69 Å². The van der Waals surface area contributed by atoms with Gasteiger partial charge in [0.25, 0.3) is 5.91 Å². The van der Waals surface area contributed by atoms with E-state index in [1.807, 2.05) is 13.0 Å². The van der Waals surface area contributed by atoms with Crippen molar-refractivity contribution in [2.75, 3.05) is 10.6 Å². The van der Waals surface area contributed by atoms with Gasteiger partial charge in [-0.15, -0.1) is 0 Å². The predicted molar refractivity (Wildman–Crippen MR) is 111 cm³/mol. The molecule has 0 saturated carbocycles. The summed E-state index contributed by atoms with van der Waals surface area (Å²) >= 11 is 6.01. The second-order valence-electron chi connectivity index (χ2n) is 6.39. The van der Waals surface area contributed by atoms with Crippen LogP contribution in [-0.4, -0.2) is 21.7 Å². The number of nitrogens with zero attached hydrogens (tertiary/aromatic N) is 2. The summed E-state index contributed by atoms with van der Waals surface area (Å²) in [6.07, 6.45) is 0. The summed E-state index contributed by atoms with van der Waals surface area (Å²) < 4.78 is 0. The first-order valence-corrected chi connectivity index (χ1v) is 9.01. The number of carbonyl (C=O) groups is 2. The summed E-state index contributed by atoms with van der Waals surface area (Å²) in [4.78, 5) is 32.6. The molecule has 7 heteroatoms. The summed E-state index contributed by atoms with van der Waals surface area (Å²) in [6.45, 7) is 5.18. The summed E-state index contributed by atoms with van der Waals surface area (Å²) in [5, 5.41) is 6.42. The Morgan fingerprint density at radius 1 is 0.964 bits per heavy atom. The molecule has 0 aliphatic carbocycles. The monoisotopic (exact) mass is 394 g/mol. The predicted octanol–water partition coefficient (Wildman–Crippen LogP) is 4.95. The number of halogens is 1. The van der Waals surface area contributed by atoms with E-state index in [0.717, 1.165) is 5.56 Å². The maximum Gasteiger partial charge on any atom is 0.274 e. The van der Waals surface area contributed by atoms with Crippen LogP contribution in [0.1, 0.15) is 39.0 Å². The minimum atomic E-state index is -0.356. The average molecular weight is 395 g/mol. The lowest BCUT2D eigenvalue weighted by Gasteiger charge is -2.11. The fraction of sp³-hybridized carbons (Fsp3) is 0.143. The first kappa shape index (κ1) is 19.5. The van der Waals surface area contributed by atoms with Crippen molar-refractivity contribution in [1.82, 2.24) is 9.97 Å². The molecule has 0 fully saturated rings. The third-order valence-corrected chi connectivity index (χ3v) is 4.32. The Morgan fingerprint density at radius 3 is 2.36 bits per heavy atom. The first-order chi connectivity index (χ1) is 13.3. The van der Waals surface area contributed by atoms with E-state index in [4.69, 9.17) is 11.6 Å². The lowest BCUT2D eigenvalue weighted by molar-refractivity contribution is 0.101. The maximum absolute atomic E-state index is 12.6. The molecule has 0 bridgehead atoms. The molecule has 0 saturated heterocycles. The molecule has 142 valence electrons. The van der Waals surface area contributed by atoms with Gasteiger partial charge in [-0.05, 0) is 68.8 Å². The quantitative estimate of drug-likeness (QED) is 0.598. The molecular weight excluding hydrogens is 376 g/mol. The molecular formula is C21H19ClN4O2. The molecule has 0 radical (unpaired) electrons. The summed E-state index contributed by atoms with van der Waals surface area (Å²) in [6, 6.07) is 13.9. The number of carbonyl (C=O) groups excluding carboxylic acids is 2. The van der Waals surface area contributed by atoms with Gasteiger partial charge < -0.3 is 10.6 Å². The van der Waals surface area contributed by atoms with E-state index in [1.165, 1.54) is 6.92 Å². The zero-order valence-corrected chi connectivity index (χ0v) is 16.5. The van der Waals surface area contributed by atoms with E-state index in [9.17, 15) is 9.59 Å². The molecule has 28 heavy (non-hydrogen) atoms. The van der Waals surface area contributed by atoms with Gasteiger partial charge >= 0.3 is 0 Å². The van der Waals surface area contributed by atoms with Gasteiger partial charge in [0, 0.05) is 27.7 Å². The molecule has 6 nitrogen and oxygen atoms in total. The molecule has 1 aromatic heterocycles. The Bertz CT molecular complexity index is 1050. The summed E-state index contributed by atoms with van der Waals surface area (Å²) in [5.74, 6) is -0.0667. The van der Waals surface area contributed by atoms with E-state index in [2.05, 4.69) is 20.6 Å². The van der Waals surface area contributed by atoms with E-state index in [0.29, 0.717) is 33.6 Å². The van der Waals surface area contributed by atoms with Crippen molar-refractivity contribution < 1.29 is 9.59 Å². The van der Waals surface area contributed by atoms with Crippen molar-refractivity contribution >= 4 is 40.6 Å². The largest absolute Gasteiger partial charge is 0.324 e. The number of anilines is 3. The summed E-state index contributed by atoms with van der Waals surface area (Å²) in [5.41, 5.74) is 3.73. The minimum Gasteiger partial charge on any atom is -0.324 e. The molecule has 3 rings (SSSR count). The summed E-state index contributed by atoms with van der Waals surface area (Å²) in [7, 11) is 0. The number of Topliss-reactive ketones (excluding diaryl/α,β-unsaturated/α-hetero) is 1. The van der Waals surface area contributed by atoms with E-state index >= 15 is 0 Å². The van der Waals surface area contributed by atoms with Crippen molar-refractivity contribution in [3.63, 3.8) is 0 Å². The van der Waals surface area contributed by atoms with Crippen LogP contribution in [0.25, 0.3) is 0 Å². The van der Waals surface area contributed by atoms with E-state index in [-0.39, 0.29) is 17.4 Å². The number of nitrogens with one attached hydrogen (secondary N) is 2. The number of aromatic nitrogens is 2. The fourth-order valence-electron chi connectivity index (χ4n) is 2.57. The zero-order chi connectivity index (χ0) is 20.3. The molecule has 3 aromatic rings. The lowest BCUT2D eigenvalue weighted by Crippen LogP contribution is -2.16. The first-order valence-electron chi connectivity index (χ1n) is 8.63. The van der Waals surface area contributed by atoms with Gasteiger partial charge in [0.15, 0.2) is 5.78 Å². The zero-order valence-electron chi connectivity index (χ0n) is 15.7. The Balaban J connectivity index is 1.81. The van der Waals surface area contributed by atoms with Crippen LogP contribution in [0.15, 0.2) is 48.5 Å². The van der Waals surface area contributed by atoms with Crippen LogP contribution in [0.3, 0.4) is 0 Å². The van der Waals surface area contributed by atoms with E-state index < -0.39 is 0 Å². The fourth-order valence-corrected chi connectivity index (χ4v) is 2.75. The topological polar surface area (TPSA) is 84.0 Å². The molecule has 1 amide bonds. The molecule has 2 N–H and O–H groups in total. The van der Waals surface area contributed by atoms with Crippen LogP contribution in [-0.2, 0) is 0 Å². The number of benzene rings is 2. The number of hydrogen-bond acceptors (Lipinski definition) is 5. The van der Waals surface area contributed by atoms with Crippen molar-refractivity contribution in [3.05, 3.63) is 76.1 Å². The van der Waals surface area contributed by atoms with Gasteiger partial charge in [0.2, 0.25) is 5.95 Å². The molecule has 0 aliphatic rings. The van der Waals surface area contributed by atoms with Gasteiger partial charge in [-0.2, -0.15) is 0 Å². The third-order valence-electron chi connectivity index (χ3n) is 4.08. The van der Waals surface area contributed by atoms with Gasteiger partial charge in [-0.25, -0.2) is 9.97 Å². The number of rotatable bonds is 5. The number of hydrogen-bond donors (Lipinski definition) is 2. The third kappa shape index (κ3) is 4.72. The SMILES string of the molecule is CC(=O)c1ccc(Nc2nc(C)cc(C(=O)Nc3cc(Cl)ccc3C)n2)cc1. The Kier molecular flexibility index (Phi) is 5.70. The highest BCUT2D eigenvalue weighted by Gasteiger charge is 2.13. The molecule has 1 heterocycles. The maximum atomic E-state index is 12.6. The Morgan fingerprint density at radius 2 is 1.68 bits per heavy atom. The second kappa shape index (κ2) is 8.19.